The molecule has 1 saturated heterocycles. The van der Waals surface area contributed by atoms with E-state index in [-0.39, 0.29) is 12.1 Å². The molecule has 174 valence electrons. The van der Waals surface area contributed by atoms with Gasteiger partial charge in [-0.05, 0) is 74.0 Å². The smallest absolute Gasteiger partial charge is 0.319 e. The summed E-state index contributed by atoms with van der Waals surface area (Å²) >= 11 is 12.2. The minimum Gasteiger partial charge on any atom is -0.497 e. The highest BCUT2D eigenvalue weighted by Crippen LogP contribution is 2.27. The number of methoxy groups -OCH3 is 1. The van der Waals surface area contributed by atoms with E-state index in [1.807, 2.05) is 36.4 Å². The molecule has 2 aromatic carbocycles. The van der Waals surface area contributed by atoms with Gasteiger partial charge in [0.25, 0.3) is 0 Å². The molecule has 0 bridgehead atoms. The number of benzene rings is 2. The van der Waals surface area contributed by atoms with Gasteiger partial charge in [0.05, 0.1) is 17.2 Å². The van der Waals surface area contributed by atoms with Gasteiger partial charge >= 0.3 is 6.03 Å². The van der Waals surface area contributed by atoms with Crippen LogP contribution in [0.2, 0.25) is 10.0 Å². The van der Waals surface area contributed by atoms with Gasteiger partial charge in [0.2, 0.25) is 0 Å². The monoisotopic (exact) mass is 477 g/mol. The fourth-order valence-electron chi connectivity index (χ4n) is 4.11. The van der Waals surface area contributed by atoms with Crippen LogP contribution in [0.4, 0.5) is 10.5 Å². The van der Waals surface area contributed by atoms with E-state index in [1.165, 1.54) is 5.56 Å². The third kappa shape index (κ3) is 7.29. The Morgan fingerprint density at radius 2 is 1.88 bits per heavy atom. The van der Waals surface area contributed by atoms with Crippen molar-refractivity contribution in [2.45, 2.75) is 39.2 Å². The number of rotatable bonds is 8. The molecule has 2 N–H and O–H groups in total. The molecule has 2 amide bonds. The molecule has 7 heteroatoms. The molecule has 0 saturated carbocycles. The first-order valence-corrected chi connectivity index (χ1v) is 12.0. The topological polar surface area (TPSA) is 53.6 Å². The number of amides is 2. The van der Waals surface area contributed by atoms with E-state index >= 15 is 0 Å². The molecule has 0 radical (unpaired) electrons. The molecule has 0 aromatic heterocycles. The van der Waals surface area contributed by atoms with Crippen molar-refractivity contribution in [2.24, 2.45) is 11.8 Å². The average Bonchev–Trinajstić information content (AvgIpc) is 2.77. The van der Waals surface area contributed by atoms with Crippen molar-refractivity contribution in [2.75, 3.05) is 32.1 Å². The summed E-state index contributed by atoms with van der Waals surface area (Å²) in [6, 6.07) is 13.2. The zero-order valence-corrected chi connectivity index (χ0v) is 20.5. The second-order valence-electron chi connectivity index (χ2n) is 8.88. The number of nitrogens with one attached hydrogen (secondary N) is 2. The van der Waals surface area contributed by atoms with Crippen LogP contribution < -0.4 is 15.4 Å². The summed E-state index contributed by atoms with van der Waals surface area (Å²) < 4.78 is 5.22. The van der Waals surface area contributed by atoms with E-state index in [1.54, 1.807) is 7.11 Å². The molecule has 1 fully saturated rings. The summed E-state index contributed by atoms with van der Waals surface area (Å²) in [7, 11) is 1.61. The fraction of sp³-hybridized carbons (Fsp3) is 0.480. The lowest BCUT2D eigenvalue weighted by atomic mass is 9.89. The van der Waals surface area contributed by atoms with Crippen LogP contribution >= 0.6 is 23.2 Å². The van der Waals surface area contributed by atoms with Crippen LogP contribution in [0.5, 0.6) is 5.75 Å². The maximum Gasteiger partial charge on any atom is 0.319 e. The quantitative estimate of drug-likeness (QED) is 0.482. The predicted molar refractivity (Wildman–Crippen MR) is 133 cm³/mol. The summed E-state index contributed by atoms with van der Waals surface area (Å²) in [5.74, 6) is 1.69. The SMILES string of the molecule is COc1cccc(NC(=O)N[C@H](CN2CCC(Cc3ccc(Cl)c(Cl)c3)CC2)C(C)C)c1. The molecule has 0 aliphatic carbocycles. The lowest BCUT2D eigenvalue weighted by molar-refractivity contribution is 0.157. The molecule has 2 aromatic rings. The first-order chi connectivity index (χ1) is 15.3. The molecule has 0 spiro atoms. The number of likely N-dealkylation sites (tertiary alicyclic amines) is 1. The Hall–Kier alpha value is -1.95. The first kappa shape index (κ1) is 24.7. The van der Waals surface area contributed by atoms with Gasteiger partial charge in [-0.3, -0.25) is 0 Å². The zero-order chi connectivity index (χ0) is 23.1. The molecule has 1 aliphatic heterocycles. The Labute approximate surface area is 201 Å². The molecule has 1 heterocycles. The maximum atomic E-state index is 12.6. The minimum absolute atomic E-state index is 0.0761. The average molecular weight is 478 g/mol. The maximum absolute atomic E-state index is 12.6. The van der Waals surface area contributed by atoms with Gasteiger partial charge < -0.3 is 20.3 Å². The number of halogens is 2. The van der Waals surface area contributed by atoms with E-state index in [2.05, 4.69) is 35.4 Å². The second-order valence-corrected chi connectivity index (χ2v) is 9.69. The normalized spacial score (nSPS) is 16.1. The number of hydrogen-bond acceptors (Lipinski definition) is 3. The number of carbonyl (C=O) groups is 1. The number of carbonyl (C=O) groups excluding carboxylic acids is 1. The lowest BCUT2D eigenvalue weighted by Crippen LogP contribution is -2.49. The largest absolute Gasteiger partial charge is 0.497 e. The highest BCUT2D eigenvalue weighted by Gasteiger charge is 2.24. The van der Waals surface area contributed by atoms with Crippen molar-refractivity contribution in [3.05, 3.63) is 58.1 Å². The van der Waals surface area contributed by atoms with Gasteiger partial charge in [-0.25, -0.2) is 4.79 Å². The van der Waals surface area contributed by atoms with Gasteiger partial charge in [0.1, 0.15) is 5.75 Å². The lowest BCUT2D eigenvalue weighted by Gasteiger charge is -2.35. The Morgan fingerprint density at radius 1 is 1.12 bits per heavy atom. The van der Waals surface area contributed by atoms with Gasteiger partial charge in [-0.2, -0.15) is 0 Å². The molecule has 1 atom stereocenters. The summed E-state index contributed by atoms with van der Waals surface area (Å²) in [5, 5.41) is 7.30. The van der Waals surface area contributed by atoms with Crippen LogP contribution in [0, 0.1) is 11.8 Å². The molecule has 3 rings (SSSR count). The third-order valence-electron chi connectivity index (χ3n) is 6.12. The highest BCUT2D eigenvalue weighted by atomic mass is 35.5. The number of urea groups is 1. The summed E-state index contributed by atoms with van der Waals surface area (Å²) in [6.45, 7) is 7.21. The summed E-state index contributed by atoms with van der Waals surface area (Å²) in [4.78, 5) is 15.0. The number of anilines is 1. The first-order valence-electron chi connectivity index (χ1n) is 11.2. The van der Waals surface area contributed by atoms with E-state index in [9.17, 15) is 4.79 Å². The Morgan fingerprint density at radius 3 is 2.53 bits per heavy atom. The highest BCUT2D eigenvalue weighted by molar-refractivity contribution is 6.42. The van der Waals surface area contributed by atoms with Crippen molar-refractivity contribution in [3.8, 4) is 5.75 Å². The van der Waals surface area contributed by atoms with Gasteiger partial charge in [-0.1, -0.05) is 49.2 Å². The summed E-state index contributed by atoms with van der Waals surface area (Å²) in [6.07, 6.45) is 3.31. The van der Waals surface area contributed by atoms with Crippen LogP contribution in [-0.2, 0) is 6.42 Å². The molecular weight excluding hydrogens is 445 g/mol. The molecule has 0 unspecified atom stereocenters. The number of hydrogen-bond donors (Lipinski definition) is 2. The number of ether oxygens (including phenoxy) is 1. The Kier molecular flexibility index (Phi) is 9.09. The van der Waals surface area contributed by atoms with Gasteiger partial charge in [0.15, 0.2) is 0 Å². The van der Waals surface area contributed by atoms with Gasteiger partial charge in [0, 0.05) is 24.3 Å². The van der Waals surface area contributed by atoms with E-state index in [4.69, 9.17) is 27.9 Å². The van der Waals surface area contributed by atoms with Crippen molar-refractivity contribution < 1.29 is 9.53 Å². The fourth-order valence-corrected chi connectivity index (χ4v) is 4.43. The Bertz CT molecular complexity index is 899. The van der Waals surface area contributed by atoms with Crippen LogP contribution in [-0.4, -0.2) is 43.7 Å². The Balaban J connectivity index is 1.47. The van der Waals surface area contributed by atoms with Crippen molar-refractivity contribution in [1.82, 2.24) is 10.2 Å². The van der Waals surface area contributed by atoms with E-state index < -0.39 is 0 Å². The molecule has 5 nitrogen and oxygen atoms in total. The van der Waals surface area contributed by atoms with Gasteiger partial charge in [-0.15, -0.1) is 0 Å². The van der Waals surface area contributed by atoms with Crippen LogP contribution in [0.15, 0.2) is 42.5 Å². The number of piperidine rings is 1. The summed E-state index contributed by atoms with van der Waals surface area (Å²) in [5.41, 5.74) is 1.96. The predicted octanol–water partition coefficient (Wildman–Crippen LogP) is 6.10. The zero-order valence-electron chi connectivity index (χ0n) is 19.0. The van der Waals surface area contributed by atoms with Crippen molar-refractivity contribution in [3.63, 3.8) is 0 Å². The van der Waals surface area contributed by atoms with Crippen LogP contribution in [0.25, 0.3) is 0 Å². The molecular formula is C25H33Cl2N3O2. The van der Waals surface area contributed by atoms with E-state index in [0.29, 0.717) is 33.3 Å². The van der Waals surface area contributed by atoms with Crippen molar-refractivity contribution in [1.29, 1.82) is 0 Å². The second kappa shape index (κ2) is 11.8. The molecule has 32 heavy (non-hydrogen) atoms. The number of nitrogens with zero attached hydrogens (tertiary/aromatic N) is 1. The van der Waals surface area contributed by atoms with Crippen molar-refractivity contribution >= 4 is 34.9 Å². The van der Waals surface area contributed by atoms with E-state index in [0.717, 1.165) is 38.9 Å². The molecule has 1 aliphatic rings. The standard InChI is InChI=1S/C25H33Cl2N3O2/c1-17(2)24(29-25(31)28-20-5-4-6-21(15-20)32-3)16-30-11-9-18(10-12-30)13-19-7-8-22(26)23(27)14-19/h4-8,14-15,17-18,24H,9-13,16H2,1-3H3,(H2,28,29,31)/t24-/m1/s1. The third-order valence-corrected chi connectivity index (χ3v) is 6.86. The van der Waals surface area contributed by atoms with Crippen LogP contribution in [0.3, 0.4) is 0 Å². The minimum atomic E-state index is -0.188. The van der Waals surface area contributed by atoms with Crippen LogP contribution in [0.1, 0.15) is 32.3 Å².